The van der Waals surface area contributed by atoms with E-state index in [0.29, 0.717) is 18.0 Å². The molecule has 0 aliphatic rings. The quantitative estimate of drug-likeness (QED) is 0.531. The lowest BCUT2D eigenvalue weighted by Crippen LogP contribution is -2.28. The fourth-order valence-electron chi connectivity index (χ4n) is 2.75. The van der Waals surface area contributed by atoms with Crippen molar-refractivity contribution in [2.75, 3.05) is 18.4 Å². The maximum atomic E-state index is 12.6. The molecule has 0 bridgehead atoms. The molecule has 0 unspecified atom stereocenters. The van der Waals surface area contributed by atoms with Crippen LogP contribution in [0.2, 0.25) is 0 Å². The van der Waals surface area contributed by atoms with Crippen LogP contribution in [0.25, 0.3) is 0 Å². The zero-order valence-electron chi connectivity index (χ0n) is 17.3. The molecule has 1 amide bonds. The Morgan fingerprint density at radius 1 is 0.903 bits per heavy atom. The largest absolute Gasteiger partial charge is 0.497 e. The van der Waals surface area contributed by atoms with Gasteiger partial charge in [-0.1, -0.05) is 30.3 Å². The highest BCUT2D eigenvalue weighted by Gasteiger charge is 2.15. The van der Waals surface area contributed by atoms with E-state index in [1.54, 1.807) is 19.2 Å². The van der Waals surface area contributed by atoms with Crippen molar-refractivity contribution < 1.29 is 22.7 Å². The van der Waals surface area contributed by atoms with Gasteiger partial charge in [-0.15, -0.1) is 0 Å². The van der Waals surface area contributed by atoms with E-state index in [1.807, 2.05) is 43.3 Å². The molecule has 162 valence electrons. The summed E-state index contributed by atoms with van der Waals surface area (Å²) in [6.45, 7) is 2.02. The van der Waals surface area contributed by atoms with Gasteiger partial charge in [0.05, 0.1) is 17.7 Å². The number of sulfonamides is 1. The Morgan fingerprint density at radius 2 is 1.55 bits per heavy atom. The highest BCUT2D eigenvalue weighted by molar-refractivity contribution is 7.92. The molecule has 0 saturated heterocycles. The minimum atomic E-state index is -3.72. The van der Waals surface area contributed by atoms with E-state index in [9.17, 15) is 13.2 Å². The molecule has 0 fully saturated rings. The van der Waals surface area contributed by atoms with Gasteiger partial charge >= 0.3 is 0 Å². The van der Waals surface area contributed by atoms with Crippen LogP contribution in [-0.4, -0.2) is 28.0 Å². The average molecular weight is 441 g/mol. The van der Waals surface area contributed by atoms with Gasteiger partial charge in [-0.2, -0.15) is 0 Å². The van der Waals surface area contributed by atoms with E-state index < -0.39 is 10.0 Å². The van der Waals surface area contributed by atoms with Crippen LogP contribution in [0.1, 0.15) is 11.1 Å². The van der Waals surface area contributed by atoms with Gasteiger partial charge in [0.25, 0.3) is 15.9 Å². The average Bonchev–Trinajstić information content (AvgIpc) is 2.78. The third kappa shape index (κ3) is 6.23. The lowest BCUT2D eigenvalue weighted by atomic mass is 10.2. The van der Waals surface area contributed by atoms with E-state index in [-0.39, 0.29) is 17.4 Å². The van der Waals surface area contributed by atoms with E-state index in [0.717, 1.165) is 16.9 Å². The van der Waals surface area contributed by atoms with Crippen LogP contribution in [0, 0.1) is 6.92 Å². The molecule has 3 rings (SSSR count). The molecular weight excluding hydrogens is 416 g/mol. The third-order valence-electron chi connectivity index (χ3n) is 4.54. The zero-order valence-corrected chi connectivity index (χ0v) is 18.1. The van der Waals surface area contributed by atoms with Crippen LogP contribution >= 0.6 is 0 Å². The number of aryl methyl sites for hydroxylation is 1. The Balaban J connectivity index is 1.51. The van der Waals surface area contributed by atoms with Crippen molar-refractivity contribution in [1.82, 2.24) is 5.32 Å². The molecule has 8 heteroatoms. The van der Waals surface area contributed by atoms with Crippen LogP contribution in [0.3, 0.4) is 0 Å². The van der Waals surface area contributed by atoms with Crippen LogP contribution in [0.4, 0.5) is 5.69 Å². The fourth-order valence-corrected chi connectivity index (χ4v) is 3.88. The number of ether oxygens (including phenoxy) is 2. The first-order chi connectivity index (χ1) is 14.9. The first-order valence-corrected chi connectivity index (χ1v) is 11.1. The topological polar surface area (TPSA) is 93.7 Å². The molecule has 0 aliphatic carbocycles. The Morgan fingerprint density at radius 3 is 2.19 bits per heavy atom. The number of rotatable bonds is 9. The fraction of sp³-hybridized carbons (Fsp3) is 0.174. The first kappa shape index (κ1) is 22.2. The highest BCUT2D eigenvalue weighted by atomic mass is 32.2. The van der Waals surface area contributed by atoms with Crippen molar-refractivity contribution in [3.05, 3.63) is 83.9 Å². The maximum absolute atomic E-state index is 12.6. The summed E-state index contributed by atoms with van der Waals surface area (Å²) in [4.78, 5) is 12.1. The lowest BCUT2D eigenvalue weighted by molar-refractivity contribution is -0.123. The molecule has 3 aromatic carbocycles. The molecule has 2 N–H and O–H groups in total. The van der Waals surface area contributed by atoms with Crippen molar-refractivity contribution in [3.63, 3.8) is 0 Å². The van der Waals surface area contributed by atoms with Gasteiger partial charge < -0.3 is 14.8 Å². The number of benzene rings is 3. The second-order valence-electron chi connectivity index (χ2n) is 6.81. The Labute approximate surface area is 182 Å². The molecule has 3 aromatic rings. The van der Waals surface area contributed by atoms with Crippen molar-refractivity contribution >= 4 is 21.6 Å². The van der Waals surface area contributed by atoms with Crippen molar-refractivity contribution in [2.45, 2.75) is 18.4 Å². The van der Waals surface area contributed by atoms with Gasteiger partial charge in [0.15, 0.2) is 6.61 Å². The first-order valence-electron chi connectivity index (χ1n) is 9.58. The zero-order chi connectivity index (χ0) is 22.3. The SMILES string of the molecule is COc1ccc(CNC(=O)COc2ccc(S(=O)(=O)Nc3ccccc3C)cc2)cc1. The van der Waals surface area contributed by atoms with E-state index in [1.165, 1.54) is 24.3 Å². The van der Waals surface area contributed by atoms with Gasteiger partial charge in [-0.05, 0) is 60.5 Å². The third-order valence-corrected chi connectivity index (χ3v) is 5.92. The number of hydrogen-bond acceptors (Lipinski definition) is 5. The van der Waals surface area contributed by atoms with Gasteiger partial charge in [0.2, 0.25) is 0 Å². The predicted octanol–water partition coefficient (Wildman–Crippen LogP) is 3.50. The number of anilines is 1. The summed E-state index contributed by atoms with van der Waals surface area (Å²) in [5.41, 5.74) is 2.29. The number of carbonyl (C=O) groups is 1. The molecule has 0 spiro atoms. The number of nitrogens with one attached hydrogen (secondary N) is 2. The normalized spacial score (nSPS) is 10.9. The molecule has 0 aromatic heterocycles. The predicted molar refractivity (Wildman–Crippen MR) is 119 cm³/mol. The Hall–Kier alpha value is -3.52. The molecule has 0 aliphatic heterocycles. The second-order valence-corrected chi connectivity index (χ2v) is 8.49. The van der Waals surface area contributed by atoms with Gasteiger partial charge in [0.1, 0.15) is 11.5 Å². The molecular formula is C23H24N2O5S. The van der Waals surface area contributed by atoms with Gasteiger partial charge in [0, 0.05) is 6.54 Å². The van der Waals surface area contributed by atoms with E-state index in [4.69, 9.17) is 9.47 Å². The van der Waals surface area contributed by atoms with E-state index >= 15 is 0 Å². The number of methoxy groups -OCH3 is 1. The number of amides is 1. The van der Waals surface area contributed by atoms with Crippen LogP contribution < -0.4 is 19.5 Å². The summed E-state index contributed by atoms with van der Waals surface area (Å²) in [5, 5.41) is 2.76. The van der Waals surface area contributed by atoms with Crippen molar-refractivity contribution in [2.24, 2.45) is 0 Å². The number of hydrogen-bond donors (Lipinski definition) is 2. The van der Waals surface area contributed by atoms with Crippen molar-refractivity contribution in [1.29, 1.82) is 0 Å². The molecule has 7 nitrogen and oxygen atoms in total. The lowest BCUT2D eigenvalue weighted by Gasteiger charge is -2.11. The Bertz CT molecular complexity index is 1130. The van der Waals surface area contributed by atoms with Gasteiger partial charge in [-0.25, -0.2) is 8.42 Å². The highest BCUT2D eigenvalue weighted by Crippen LogP contribution is 2.21. The van der Waals surface area contributed by atoms with Gasteiger partial charge in [-0.3, -0.25) is 9.52 Å². The number of para-hydroxylation sites is 1. The van der Waals surface area contributed by atoms with Crippen molar-refractivity contribution in [3.8, 4) is 11.5 Å². The van der Waals surface area contributed by atoms with Crippen LogP contribution in [0.15, 0.2) is 77.7 Å². The smallest absolute Gasteiger partial charge is 0.261 e. The molecule has 0 heterocycles. The minimum absolute atomic E-state index is 0.104. The molecule has 31 heavy (non-hydrogen) atoms. The standard InChI is InChI=1S/C23H24N2O5S/c1-17-5-3-4-6-22(17)25-31(27,28)21-13-11-20(12-14-21)30-16-23(26)24-15-18-7-9-19(29-2)10-8-18/h3-14,25H,15-16H2,1-2H3,(H,24,26). The Kier molecular flexibility index (Phi) is 7.15. The summed E-state index contributed by atoms with van der Waals surface area (Å²) in [5.74, 6) is 0.862. The van der Waals surface area contributed by atoms with E-state index in [2.05, 4.69) is 10.0 Å². The summed E-state index contributed by atoms with van der Waals surface area (Å²) in [6.07, 6.45) is 0. The van der Waals surface area contributed by atoms with Crippen LogP contribution in [-0.2, 0) is 21.4 Å². The second kappa shape index (κ2) is 9.99. The summed E-state index contributed by atoms with van der Waals surface area (Å²) in [7, 11) is -2.13. The maximum Gasteiger partial charge on any atom is 0.261 e. The van der Waals surface area contributed by atoms with Crippen LogP contribution in [0.5, 0.6) is 11.5 Å². The monoisotopic (exact) mass is 440 g/mol. The molecule has 0 atom stereocenters. The summed E-state index contributed by atoms with van der Waals surface area (Å²) in [6, 6.07) is 20.4. The minimum Gasteiger partial charge on any atom is -0.497 e. The molecule has 0 radical (unpaired) electrons. The summed E-state index contributed by atoms with van der Waals surface area (Å²) < 4.78 is 38.3. The summed E-state index contributed by atoms with van der Waals surface area (Å²) >= 11 is 0. The number of carbonyl (C=O) groups excluding carboxylic acids is 1. The molecule has 0 saturated carbocycles.